The second-order valence-corrected chi connectivity index (χ2v) is 21.4. The molecular weight excluding hydrogens is 1170 g/mol. The van der Waals surface area contributed by atoms with Crippen molar-refractivity contribution in [3.63, 3.8) is 0 Å². The molecule has 0 unspecified atom stereocenters. The summed E-state index contributed by atoms with van der Waals surface area (Å²) in [6.45, 7) is 18.4. The number of aliphatic carboxylic acids is 1. The number of alkyl halides is 3. The number of hydrogen-bond donors (Lipinski definition) is 4. The molecule has 9 rings (SSSR count). The van der Waals surface area contributed by atoms with Gasteiger partial charge in [-0.1, -0.05) is 34.1 Å². The summed E-state index contributed by atoms with van der Waals surface area (Å²) in [6.07, 6.45) is -3.78. The number of benzene rings is 4. The van der Waals surface area contributed by atoms with Crippen molar-refractivity contribution >= 4 is 62.0 Å². The summed E-state index contributed by atoms with van der Waals surface area (Å²) in [5, 5.41) is 24.9. The summed E-state index contributed by atoms with van der Waals surface area (Å²) < 4.78 is 107. The van der Waals surface area contributed by atoms with Crippen LogP contribution in [-0.4, -0.2) is 134 Å². The van der Waals surface area contributed by atoms with Gasteiger partial charge in [0.05, 0.1) is 80.1 Å². The number of ether oxygens (including phenoxy) is 4. The third-order valence-corrected chi connectivity index (χ3v) is 14.7. The van der Waals surface area contributed by atoms with Crippen molar-refractivity contribution in [1.29, 1.82) is 0 Å². The molecule has 0 saturated carbocycles. The van der Waals surface area contributed by atoms with Crippen LogP contribution in [0.2, 0.25) is 0 Å². The molecule has 5 heterocycles. The molecule has 452 valence electrons. The van der Waals surface area contributed by atoms with Gasteiger partial charge >= 0.3 is 24.1 Å². The number of nitrogens with zero attached hydrogens (tertiary/aromatic N) is 4. The molecule has 2 aromatic heterocycles. The van der Waals surface area contributed by atoms with E-state index in [1.165, 1.54) is 63.7 Å². The maximum Gasteiger partial charge on any atom is 0.417 e. The van der Waals surface area contributed by atoms with Crippen LogP contribution < -0.4 is 26.0 Å². The molecule has 84 heavy (non-hydrogen) atoms. The molecule has 0 radical (unpaired) electrons. The molecule has 24 heteroatoms. The van der Waals surface area contributed by atoms with E-state index >= 15 is 4.39 Å². The molecule has 17 nitrogen and oxygen atoms in total. The van der Waals surface area contributed by atoms with Gasteiger partial charge in [0.25, 0.3) is 11.5 Å². The lowest BCUT2D eigenvalue weighted by Crippen LogP contribution is -2.44. The molecule has 4 aromatic carbocycles. The molecule has 4 N–H and O–H groups in total. The zero-order valence-electron chi connectivity index (χ0n) is 47.8. The van der Waals surface area contributed by atoms with Gasteiger partial charge in [0, 0.05) is 89.9 Å². The van der Waals surface area contributed by atoms with Crippen molar-refractivity contribution in [2.45, 2.75) is 85.2 Å². The Hall–Kier alpha value is -7.38. The zero-order valence-corrected chi connectivity index (χ0v) is 49.4. The Bertz CT molecular complexity index is 3380. The number of methoxy groups -OCH3 is 1. The summed E-state index contributed by atoms with van der Waals surface area (Å²) >= 11 is 3.13. The summed E-state index contributed by atoms with van der Waals surface area (Å²) in [5.41, 5.74) is -0.0874. The van der Waals surface area contributed by atoms with E-state index < -0.39 is 70.2 Å². The van der Waals surface area contributed by atoms with Crippen molar-refractivity contribution < 1.29 is 74.7 Å². The highest BCUT2D eigenvalue weighted by atomic mass is 79.9. The predicted octanol–water partition coefficient (Wildman–Crippen LogP) is 9.76. The van der Waals surface area contributed by atoms with Gasteiger partial charge in [-0.05, 0) is 119 Å². The number of aromatic carboxylic acids is 1. The number of rotatable bonds is 10. The molecule has 3 aliphatic heterocycles. The van der Waals surface area contributed by atoms with Crippen LogP contribution in [0, 0.1) is 45.1 Å². The number of nitrogens with one attached hydrogen (secondary N) is 2. The number of anilines is 2. The van der Waals surface area contributed by atoms with Crippen molar-refractivity contribution in [2.24, 2.45) is 7.05 Å². The smallest absolute Gasteiger partial charge is 0.417 e. The lowest BCUT2D eigenvalue weighted by Gasteiger charge is -2.35. The number of aryl methyl sites for hydroxylation is 4. The molecule has 6 aromatic rings. The minimum Gasteiger partial charge on any atom is -0.480 e. The highest BCUT2D eigenvalue weighted by molar-refractivity contribution is 9.10. The van der Waals surface area contributed by atoms with E-state index in [1.807, 2.05) is 23.6 Å². The lowest BCUT2D eigenvalue weighted by molar-refractivity contribution is -0.139. The van der Waals surface area contributed by atoms with Crippen LogP contribution in [0.15, 0.2) is 82.2 Å². The van der Waals surface area contributed by atoms with E-state index in [9.17, 15) is 51.0 Å². The van der Waals surface area contributed by atoms with Crippen LogP contribution in [0.4, 0.5) is 37.7 Å². The number of carbonyl (C=O) groups is 4. The first kappa shape index (κ1) is 65.8. The fourth-order valence-electron chi connectivity index (χ4n) is 9.89. The maximum atomic E-state index is 15.4. The molecular formula is C60H67BrF6N6O11. The van der Waals surface area contributed by atoms with Gasteiger partial charge in [0.15, 0.2) is 0 Å². The molecule has 0 bridgehead atoms. The van der Waals surface area contributed by atoms with Gasteiger partial charge in [-0.3, -0.25) is 14.6 Å². The number of halogens is 7. The normalized spacial score (nSPS) is 17.3. The zero-order chi connectivity index (χ0) is 61.9. The molecule has 0 spiro atoms. The highest BCUT2D eigenvalue weighted by Crippen LogP contribution is 2.39. The Morgan fingerprint density at radius 2 is 1.35 bits per heavy atom. The summed E-state index contributed by atoms with van der Waals surface area (Å²) in [4.78, 5) is 69.0. The second-order valence-electron chi connectivity index (χ2n) is 20.5. The Morgan fingerprint density at radius 3 is 1.82 bits per heavy atom. The molecule has 3 saturated heterocycles. The van der Waals surface area contributed by atoms with Gasteiger partial charge in [-0.15, -0.1) is 0 Å². The van der Waals surface area contributed by atoms with Crippen LogP contribution in [0.5, 0.6) is 0 Å². The fourth-order valence-corrected chi connectivity index (χ4v) is 10.4. The van der Waals surface area contributed by atoms with E-state index in [0.717, 1.165) is 30.4 Å². The van der Waals surface area contributed by atoms with E-state index in [-0.39, 0.29) is 52.0 Å². The number of carboxylic acid groups (broad SMARTS) is 2. The number of pyridine rings is 2. The van der Waals surface area contributed by atoms with Gasteiger partial charge in [-0.25, -0.2) is 27.6 Å². The fraction of sp³-hybridized carbons (Fsp3) is 0.400. The van der Waals surface area contributed by atoms with Crippen molar-refractivity contribution in [3.8, 4) is 11.1 Å². The molecule has 3 aliphatic rings. The number of morpholine rings is 3. The topological polar surface area (TPSA) is 211 Å². The predicted molar refractivity (Wildman–Crippen MR) is 308 cm³/mol. The van der Waals surface area contributed by atoms with Crippen LogP contribution in [-0.2, 0) is 43.4 Å². The minimum absolute atomic E-state index is 0.00613. The Balaban J connectivity index is 0.000000239. The molecule has 3 fully saturated rings. The quantitative estimate of drug-likeness (QED) is 0.0743. The number of aromatic nitrogens is 2. The van der Waals surface area contributed by atoms with Crippen LogP contribution in [0.3, 0.4) is 0 Å². The third-order valence-electron chi connectivity index (χ3n) is 14.3. The Labute approximate surface area is 490 Å². The summed E-state index contributed by atoms with van der Waals surface area (Å²) in [5.74, 6) is -6.28. The van der Waals surface area contributed by atoms with Crippen LogP contribution in [0.1, 0.15) is 85.4 Å². The van der Waals surface area contributed by atoms with E-state index in [4.69, 9.17) is 19.3 Å². The van der Waals surface area contributed by atoms with Gasteiger partial charge in [0.2, 0.25) is 0 Å². The van der Waals surface area contributed by atoms with E-state index in [2.05, 4.69) is 43.2 Å². The number of carbonyl (C=O) groups excluding carboxylic acids is 2. The van der Waals surface area contributed by atoms with Crippen molar-refractivity contribution in [2.75, 3.05) is 76.2 Å². The first-order chi connectivity index (χ1) is 39.6. The average molecular weight is 1240 g/mol. The monoisotopic (exact) mass is 1240 g/mol. The minimum atomic E-state index is -4.84. The van der Waals surface area contributed by atoms with Crippen molar-refractivity contribution in [1.82, 2.24) is 20.2 Å². The van der Waals surface area contributed by atoms with Gasteiger partial charge < -0.3 is 54.2 Å². The number of carboxylic acids is 2. The Kier molecular flexibility index (Phi) is 22.7. The standard InChI is InChI=1S/C33H32F4N4O5.C13H16FNO3.C9H8BrFO2.C5H11NO/c1-17-12-21(41-10-11-46-16-19(41)3)15-25(34)27(17)30(42)39-26(32(44)45)14-20-7-8-23(29-22(20)6-5-9-38-29)28-24(33(35,36)37)13-18(2)40(4)31(28)43;1-8-5-10(6-11(14)12(8)13(16)17)15-3-4-18-7-9(15)2;1-5-3-6(10)4-7(11)8(5)9(12)13-2;1-5-4-7-3-2-6-5/h5-9,12-13,15,19,26H,10-11,14,16H2,1-4H3,(H,39,42)(H,44,45);5-6,9H,3-4,7H2,1-2H3,(H,16,17);3-4H,1-2H3;5-6H,2-4H2,1H3/t19-,26-;9-;;5-/m00.0/s1. The summed E-state index contributed by atoms with van der Waals surface area (Å²) in [6, 6.07) is 14.7. The van der Waals surface area contributed by atoms with E-state index in [0.29, 0.717) is 89.0 Å². The summed E-state index contributed by atoms with van der Waals surface area (Å²) in [7, 11) is 2.59. The molecule has 1 amide bonds. The molecule has 4 atom stereocenters. The largest absolute Gasteiger partial charge is 0.480 e. The second kappa shape index (κ2) is 28.9. The SMILES string of the molecule is COC(=O)c1c(C)cc(Br)cc1F.C[C@H]1COCCN1.Cc1cc(N2CCOC[C@@H]2C)cc(F)c1C(=O)N[C@@H](Cc1ccc(-c2c(C(F)(F)F)cc(C)n(C)c2=O)c2ncccc12)C(=O)O.Cc1cc(N2CCOC[C@@H]2C)cc(F)c1C(=O)O. The first-order valence-electron chi connectivity index (χ1n) is 26.7. The highest BCUT2D eigenvalue weighted by Gasteiger charge is 2.37. The first-order valence-corrected chi connectivity index (χ1v) is 27.5. The van der Waals surface area contributed by atoms with Crippen LogP contribution >= 0.6 is 15.9 Å². The lowest BCUT2D eigenvalue weighted by atomic mass is 9.93. The Morgan fingerprint density at radius 1 is 0.786 bits per heavy atom. The van der Waals surface area contributed by atoms with Gasteiger partial charge in [0.1, 0.15) is 23.5 Å². The number of hydrogen-bond acceptors (Lipinski definition) is 13. The van der Waals surface area contributed by atoms with E-state index in [1.54, 1.807) is 45.0 Å². The third kappa shape index (κ3) is 16.1. The number of fused-ring (bicyclic) bond motifs is 1. The average Bonchev–Trinajstić information content (AvgIpc) is 2.89. The number of esters is 1. The maximum absolute atomic E-state index is 15.4. The van der Waals surface area contributed by atoms with Gasteiger partial charge in [-0.2, -0.15) is 13.2 Å². The number of amides is 1. The molecule has 0 aliphatic carbocycles. The van der Waals surface area contributed by atoms with Crippen molar-refractivity contribution in [3.05, 3.63) is 155 Å². The van der Waals surface area contributed by atoms with Crippen LogP contribution in [0.25, 0.3) is 22.0 Å².